The van der Waals surface area contributed by atoms with Crippen LogP contribution in [0.25, 0.3) is 0 Å². The third-order valence-corrected chi connectivity index (χ3v) is 2.40. The second kappa shape index (κ2) is 5.67. The minimum atomic E-state index is -0.562. The van der Waals surface area contributed by atoms with Gasteiger partial charge in [0.05, 0.1) is 7.11 Å². The molecule has 0 aliphatic heterocycles. The molecule has 0 spiro atoms. The molecule has 0 saturated heterocycles. The molecule has 6 heteroatoms. The Labute approximate surface area is 107 Å². The highest BCUT2D eigenvalue weighted by Crippen LogP contribution is 2.24. The monoisotopic (exact) mass is 301 g/mol. The van der Waals surface area contributed by atoms with Gasteiger partial charge in [-0.3, -0.25) is 0 Å². The van der Waals surface area contributed by atoms with Crippen LogP contribution in [0, 0.1) is 0 Å². The Kier molecular flexibility index (Phi) is 4.51. The number of hydrogen-bond donors (Lipinski definition) is 0. The molecular formula is C11H12BrNO4. The largest absolute Gasteiger partial charge is 0.465 e. The molecule has 0 radical (unpaired) electrons. The summed E-state index contributed by atoms with van der Waals surface area (Å²) in [6.07, 6.45) is -0.558. The summed E-state index contributed by atoms with van der Waals surface area (Å²) in [5.74, 6) is -0.397. The number of hydrogen-bond acceptors (Lipinski definition) is 4. The van der Waals surface area contributed by atoms with Crippen molar-refractivity contribution in [2.45, 2.75) is 0 Å². The first-order chi connectivity index (χ1) is 7.95. The molecule has 0 fully saturated rings. The number of carbonyl (C=O) groups is 2. The Bertz CT molecular complexity index is 445. The van der Waals surface area contributed by atoms with Gasteiger partial charge in [0.25, 0.3) is 0 Å². The summed E-state index contributed by atoms with van der Waals surface area (Å²) in [5, 5.41) is 0. The van der Waals surface area contributed by atoms with E-state index >= 15 is 0 Å². The molecule has 0 saturated carbocycles. The SMILES string of the molecule is COC(=O)c1cc(Br)ccc1OC(=O)N(C)C. The first kappa shape index (κ1) is 13.5. The van der Waals surface area contributed by atoms with Gasteiger partial charge in [0, 0.05) is 18.6 Å². The summed E-state index contributed by atoms with van der Waals surface area (Å²) >= 11 is 3.23. The second-order valence-electron chi connectivity index (χ2n) is 3.39. The smallest absolute Gasteiger partial charge is 0.414 e. The van der Waals surface area contributed by atoms with E-state index in [4.69, 9.17) is 4.74 Å². The van der Waals surface area contributed by atoms with Gasteiger partial charge in [-0.1, -0.05) is 15.9 Å². The molecule has 0 aliphatic rings. The predicted molar refractivity (Wildman–Crippen MR) is 65.2 cm³/mol. The molecule has 1 amide bonds. The molecule has 0 heterocycles. The number of amides is 1. The van der Waals surface area contributed by atoms with Gasteiger partial charge in [-0.2, -0.15) is 0 Å². The molecular weight excluding hydrogens is 290 g/mol. The van der Waals surface area contributed by atoms with Crippen LogP contribution in [0.4, 0.5) is 4.79 Å². The Hall–Kier alpha value is -1.56. The van der Waals surface area contributed by atoms with Crippen molar-refractivity contribution in [3.63, 3.8) is 0 Å². The summed E-state index contributed by atoms with van der Waals surface area (Å²) in [6.45, 7) is 0. The fraction of sp³-hybridized carbons (Fsp3) is 0.273. The van der Waals surface area contributed by atoms with Crippen molar-refractivity contribution in [3.05, 3.63) is 28.2 Å². The van der Waals surface area contributed by atoms with Crippen molar-refractivity contribution in [2.75, 3.05) is 21.2 Å². The van der Waals surface area contributed by atoms with Crippen LogP contribution in [0.15, 0.2) is 22.7 Å². The number of ether oxygens (including phenoxy) is 2. The fourth-order valence-corrected chi connectivity index (χ4v) is 1.41. The molecule has 0 atom stereocenters. The highest BCUT2D eigenvalue weighted by atomic mass is 79.9. The first-order valence-electron chi connectivity index (χ1n) is 4.72. The zero-order valence-electron chi connectivity index (χ0n) is 9.69. The lowest BCUT2D eigenvalue weighted by Crippen LogP contribution is -2.26. The normalized spacial score (nSPS) is 9.65. The number of halogens is 1. The van der Waals surface area contributed by atoms with Gasteiger partial charge in [-0.25, -0.2) is 9.59 Å². The molecule has 0 bridgehead atoms. The maximum atomic E-state index is 11.5. The van der Waals surface area contributed by atoms with Crippen molar-refractivity contribution < 1.29 is 19.1 Å². The summed E-state index contributed by atoms with van der Waals surface area (Å²) in [7, 11) is 4.37. The van der Waals surface area contributed by atoms with Gasteiger partial charge in [-0.05, 0) is 18.2 Å². The van der Waals surface area contributed by atoms with Gasteiger partial charge in [0.2, 0.25) is 0 Å². The number of nitrogens with zero attached hydrogens (tertiary/aromatic N) is 1. The number of rotatable bonds is 2. The lowest BCUT2D eigenvalue weighted by molar-refractivity contribution is 0.0597. The van der Waals surface area contributed by atoms with Crippen LogP contribution in [-0.4, -0.2) is 38.2 Å². The maximum absolute atomic E-state index is 11.5. The van der Waals surface area contributed by atoms with Gasteiger partial charge in [-0.15, -0.1) is 0 Å². The number of esters is 1. The minimum Gasteiger partial charge on any atom is -0.465 e. The van der Waals surface area contributed by atoms with Gasteiger partial charge < -0.3 is 14.4 Å². The third kappa shape index (κ3) is 3.45. The molecule has 1 aromatic rings. The zero-order chi connectivity index (χ0) is 13.0. The number of methoxy groups -OCH3 is 1. The molecule has 1 aromatic carbocycles. The van der Waals surface area contributed by atoms with Crippen LogP contribution in [0.2, 0.25) is 0 Å². The highest BCUT2D eigenvalue weighted by molar-refractivity contribution is 9.10. The Morgan fingerprint density at radius 1 is 1.29 bits per heavy atom. The van der Waals surface area contributed by atoms with Crippen LogP contribution in [0.1, 0.15) is 10.4 Å². The Balaban J connectivity index is 3.06. The van der Waals surface area contributed by atoms with Crippen molar-refractivity contribution in [1.82, 2.24) is 4.90 Å². The standard InChI is InChI=1S/C11H12BrNO4/c1-13(2)11(15)17-9-5-4-7(12)6-8(9)10(14)16-3/h4-6H,1-3H3. The average molecular weight is 302 g/mol. The van der Waals surface area contributed by atoms with Crippen molar-refractivity contribution in [2.24, 2.45) is 0 Å². The van der Waals surface area contributed by atoms with Crippen LogP contribution >= 0.6 is 15.9 Å². The first-order valence-corrected chi connectivity index (χ1v) is 5.52. The predicted octanol–water partition coefficient (Wildman–Crippen LogP) is 2.30. The van der Waals surface area contributed by atoms with Crippen molar-refractivity contribution in [1.29, 1.82) is 0 Å². The van der Waals surface area contributed by atoms with Crippen LogP contribution in [0.5, 0.6) is 5.75 Å². The number of benzene rings is 1. The summed E-state index contributed by atoms with van der Waals surface area (Å²) in [5.41, 5.74) is 0.192. The summed E-state index contributed by atoms with van der Waals surface area (Å²) in [6, 6.07) is 4.73. The van der Waals surface area contributed by atoms with E-state index in [-0.39, 0.29) is 11.3 Å². The van der Waals surface area contributed by atoms with Crippen LogP contribution in [-0.2, 0) is 4.74 Å². The zero-order valence-corrected chi connectivity index (χ0v) is 11.3. The minimum absolute atomic E-state index is 0.166. The van der Waals surface area contributed by atoms with E-state index in [2.05, 4.69) is 20.7 Å². The molecule has 92 valence electrons. The Morgan fingerprint density at radius 3 is 2.47 bits per heavy atom. The van der Waals surface area contributed by atoms with E-state index in [0.29, 0.717) is 4.47 Å². The van der Waals surface area contributed by atoms with Gasteiger partial charge >= 0.3 is 12.1 Å². The fourth-order valence-electron chi connectivity index (χ4n) is 1.05. The molecule has 0 aromatic heterocycles. The molecule has 1 rings (SSSR count). The van der Waals surface area contributed by atoms with Crippen LogP contribution in [0.3, 0.4) is 0 Å². The van der Waals surface area contributed by atoms with Crippen LogP contribution < -0.4 is 4.74 Å². The van der Waals surface area contributed by atoms with E-state index < -0.39 is 12.1 Å². The van der Waals surface area contributed by atoms with Crippen molar-refractivity contribution in [3.8, 4) is 5.75 Å². The van der Waals surface area contributed by atoms with E-state index in [1.54, 1.807) is 20.2 Å². The van der Waals surface area contributed by atoms with E-state index in [0.717, 1.165) is 0 Å². The topological polar surface area (TPSA) is 55.8 Å². The third-order valence-electron chi connectivity index (χ3n) is 1.91. The maximum Gasteiger partial charge on any atom is 0.414 e. The molecule has 17 heavy (non-hydrogen) atoms. The lowest BCUT2D eigenvalue weighted by Gasteiger charge is -2.13. The second-order valence-corrected chi connectivity index (χ2v) is 4.31. The lowest BCUT2D eigenvalue weighted by atomic mass is 10.2. The molecule has 0 N–H and O–H groups in total. The molecule has 0 unspecified atom stereocenters. The number of carbonyl (C=O) groups excluding carboxylic acids is 2. The average Bonchev–Trinajstić information content (AvgIpc) is 2.30. The summed E-state index contributed by atoms with van der Waals surface area (Å²) in [4.78, 5) is 24.2. The summed E-state index contributed by atoms with van der Waals surface area (Å²) < 4.78 is 10.4. The molecule has 0 aliphatic carbocycles. The Morgan fingerprint density at radius 2 is 1.94 bits per heavy atom. The van der Waals surface area contributed by atoms with Gasteiger partial charge in [0.15, 0.2) is 0 Å². The van der Waals surface area contributed by atoms with Crippen molar-refractivity contribution >= 4 is 28.0 Å². The van der Waals surface area contributed by atoms with Gasteiger partial charge in [0.1, 0.15) is 11.3 Å². The molecule has 5 nitrogen and oxygen atoms in total. The van der Waals surface area contributed by atoms with E-state index in [9.17, 15) is 9.59 Å². The van der Waals surface area contributed by atoms with E-state index in [1.807, 2.05) is 0 Å². The van der Waals surface area contributed by atoms with E-state index in [1.165, 1.54) is 24.1 Å². The highest BCUT2D eigenvalue weighted by Gasteiger charge is 2.17. The quantitative estimate of drug-likeness (QED) is 0.787.